The molecule has 0 spiro atoms. The molecule has 0 saturated carbocycles. The molecule has 0 atom stereocenters. The van der Waals surface area contributed by atoms with Crippen molar-refractivity contribution < 1.29 is 29.0 Å². The average Bonchev–Trinajstić information content (AvgIpc) is 3.14. The molecule has 1 heterocycles. The summed E-state index contributed by atoms with van der Waals surface area (Å²) in [4.78, 5) is 36.9. The van der Waals surface area contributed by atoms with Gasteiger partial charge in [0.2, 0.25) is 0 Å². The largest absolute Gasteiger partial charge is 0.546 e. The van der Waals surface area contributed by atoms with E-state index in [9.17, 15) is 24.8 Å². The van der Waals surface area contributed by atoms with Crippen LogP contribution >= 0.6 is 11.3 Å². The van der Waals surface area contributed by atoms with Crippen molar-refractivity contribution in [2.45, 2.75) is 32.6 Å². The Morgan fingerprint density at radius 3 is 2.59 bits per heavy atom. The summed E-state index contributed by atoms with van der Waals surface area (Å²) in [5.41, 5.74) is 1.71. The van der Waals surface area contributed by atoms with Gasteiger partial charge in [0.05, 0.1) is 18.1 Å². The number of nitriles is 1. The zero-order valence-corrected chi connectivity index (χ0v) is 18.3. The van der Waals surface area contributed by atoms with Crippen molar-refractivity contribution in [2.75, 3.05) is 18.5 Å². The molecular formula is C23H21N2O6S-. The fourth-order valence-electron chi connectivity index (χ4n) is 3.36. The molecule has 1 amide bonds. The number of carboxylic acids is 1. The topological polar surface area (TPSA) is 129 Å². The fourth-order valence-corrected chi connectivity index (χ4v) is 4.63. The number of rotatable bonds is 8. The van der Waals surface area contributed by atoms with E-state index in [0.29, 0.717) is 21.9 Å². The number of carboxylic acid groups (broad SMARTS) is 1. The van der Waals surface area contributed by atoms with Gasteiger partial charge in [-0.15, -0.1) is 11.3 Å². The van der Waals surface area contributed by atoms with E-state index in [1.165, 1.54) is 29.5 Å². The second-order valence-electron chi connectivity index (χ2n) is 6.99. The summed E-state index contributed by atoms with van der Waals surface area (Å²) in [7, 11) is 0. The monoisotopic (exact) mass is 453 g/mol. The minimum absolute atomic E-state index is 0.144. The quantitative estimate of drug-likeness (QED) is 0.369. The van der Waals surface area contributed by atoms with Crippen molar-refractivity contribution in [3.63, 3.8) is 0 Å². The zero-order valence-electron chi connectivity index (χ0n) is 17.4. The molecule has 1 N–H and O–H groups in total. The minimum Gasteiger partial charge on any atom is -0.546 e. The van der Waals surface area contributed by atoms with Crippen LogP contribution in [-0.4, -0.2) is 31.1 Å². The Morgan fingerprint density at radius 1 is 1.22 bits per heavy atom. The van der Waals surface area contributed by atoms with E-state index in [2.05, 4.69) is 5.32 Å². The first kappa shape index (κ1) is 23.0. The van der Waals surface area contributed by atoms with Crippen LogP contribution < -0.4 is 15.2 Å². The third-order valence-electron chi connectivity index (χ3n) is 4.79. The first-order valence-corrected chi connectivity index (χ1v) is 10.9. The van der Waals surface area contributed by atoms with Gasteiger partial charge in [0.25, 0.3) is 5.91 Å². The Hall–Kier alpha value is -3.64. The lowest BCUT2D eigenvalue weighted by molar-refractivity contribution is -0.307. The Labute approximate surface area is 189 Å². The van der Waals surface area contributed by atoms with Gasteiger partial charge in [-0.05, 0) is 61.9 Å². The highest BCUT2D eigenvalue weighted by molar-refractivity contribution is 7.17. The molecule has 0 saturated heterocycles. The molecule has 1 aliphatic carbocycles. The summed E-state index contributed by atoms with van der Waals surface area (Å²) in [6.45, 7) is 1.37. The van der Waals surface area contributed by atoms with Gasteiger partial charge in [0.1, 0.15) is 29.0 Å². The molecule has 166 valence electrons. The molecule has 9 heteroatoms. The van der Waals surface area contributed by atoms with E-state index < -0.39 is 24.5 Å². The maximum absolute atomic E-state index is 12.8. The van der Waals surface area contributed by atoms with Crippen molar-refractivity contribution in [3.05, 3.63) is 51.4 Å². The second-order valence-corrected chi connectivity index (χ2v) is 8.09. The second kappa shape index (κ2) is 10.6. The summed E-state index contributed by atoms with van der Waals surface area (Å²) in [5, 5.41) is 23.1. The predicted octanol–water partition coefficient (Wildman–Crippen LogP) is 2.48. The molecule has 0 aliphatic heterocycles. The molecule has 1 aliphatic rings. The highest BCUT2D eigenvalue weighted by Gasteiger charge is 2.27. The van der Waals surface area contributed by atoms with Crippen LogP contribution in [-0.2, 0) is 27.2 Å². The average molecular weight is 453 g/mol. The van der Waals surface area contributed by atoms with E-state index in [-0.39, 0.29) is 12.2 Å². The number of esters is 1. The number of anilines is 1. The molecule has 0 fully saturated rings. The molecule has 32 heavy (non-hydrogen) atoms. The minimum atomic E-state index is -1.34. The predicted molar refractivity (Wildman–Crippen MR) is 116 cm³/mol. The normalized spacial score (nSPS) is 12.9. The summed E-state index contributed by atoms with van der Waals surface area (Å²) in [6, 6.07) is 8.10. The number of nitrogens with one attached hydrogen (secondary N) is 1. The zero-order chi connectivity index (χ0) is 23.1. The van der Waals surface area contributed by atoms with Crippen LogP contribution in [0.2, 0.25) is 0 Å². The first-order chi connectivity index (χ1) is 15.4. The lowest BCUT2D eigenvalue weighted by Crippen LogP contribution is -2.28. The fraction of sp³-hybridized carbons (Fsp3) is 0.304. The van der Waals surface area contributed by atoms with Crippen LogP contribution in [0.5, 0.6) is 5.75 Å². The maximum Gasteiger partial charge on any atom is 0.341 e. The van der Waals surface area contributed by atoms with E-state index >= 15 is 0 Å². The molecule has 0 bridgehead atoms. The van der Waals surface area contributed by atoms with Gasteiger partial charge >= 0.3 is 5.97 Å². The molecular weight excluding hydrogens is 432 g/mol. The van der Waals surface area contributed by atoms with Crippen LogP contribution in [0.1, 0.15) is 46.1 Å². The van der Waals surface area contributed by atoms with Gasteiger partial charge < -0.3 is 24.7 Å². The standard InChI is InChI=1S/C23H22N2O6S/c1-2-30-23(29)20-17-5-3-4-6-18(17)32-22(20)25-21(28)15(12-24)11-14-7-9-16(10-8-14)31-13-19(26)27/h7-11H,2-6,13H2,1H3,(H,25,28)(H,26,27)/p-1/b15-11+. The van der Waals surface area contributed by atoms with E-state index in [4.69, 9.17) is 9.47 Å². The number of benzene rings is 1. The smallest absolute Gasteiger partial charge is 0.341 e. The Balaban J connectivity index is 1.81. The highest BCUT2D eigenvalue weighted by Crippen LogP contribution is 2.38. The highest BCUT2D eigenvalue weighted by atomic mass is 32.1. The Bertz CT molecular complexity index is 1090. The molecule has 1 aromatic heterocycles. The summed E-state index contributed by atoms with van der Waals surface area (Å²) < 4.78 is 10.2. The lowest BCUT2D eigenvalue weighted by Gasteiger charge is -2.12. The number of amides is 1. The third-order valence-corrected chi connectivity index (χ3v) is 6.00. The van der Waals surface area contributed by atoms with Gasteiger partial charge in [-0.3, -0.25) is 4.79 Å². The third kappa shape index (κ3) is 5.53. The molecule has 8 nitrogen and oxygen atoms in total. The summed E-state index contributed by atoms with van der Waals surface area (Å²) in [5.74, 6) is -2.13. The van der Waals surface area contributed by atoms with Crippen molar-refractivity contribution in [3.8, 4) is 11.8 Å². The van der Waals surface area contributed by atoms with Crippen molar-refractivity contribution in [1.82, 2.24) is 0 Å². The number of carbonyl (C=O) groups is 3. The van der Waals surface area contributed by atoms with Crippen LogP contribution in [0.15, 0.2) is 29.8 Å². The Morgan fingerprint density at radius 2 is 1.94 bits per heavy atom. The first-order valence-electron chi connectivity index (χ1n) is 10.1. The van der Waals surface area contributed by atoms with Gasteiger partial charge in [-0.1, -0.05) is 12.1 Å². The maximum atomic E-state index is 12.8. The number of hydrogen-bond acceptors (Lipinski definition) is 8. The number of fused-ring (bicyclic) bond motifs is 1. The van der Waals surface area contributed by atoms with Crippen LogP contribution in [0.4, 0.5) is 5.00 Å². The van der Waals surface area contributed by atoms with E-state index in [1.807, 2.05) is 6.07 Å². The number of hydrogen-bond donors (Lipinski definition) is 1. The molecule has 0 radical (unpaired) electrons. The van der Waals surface area contributed by atoms with Crippen molar-refractivity contribution in [2.24, 2.45) is 0 Å². The molecule has 0 unspecified atom stereocenters. The van der Waals surface area contributed by atoms with E-state index in [1.54, 1.807) is 19.1 Å². The number of aliphatic carboxylic acids is 1. The Kier molecular flexibility index (Phi) is 7.63. The molecule has 1 aromatic carbocycles. The number of carbonyl (C=O) groups excluding carboxylic acids is 3. The number of aryl methyl sites for hydroxylation is 1. The summed E-state index contributed by atoms with van der Waals surface area (Å²) in [6.07, 6.45) is 4.99. The molecule has 2 aromatic rings. The van der Waals surface area contributed by atoms with Crippen LogP contribution in [0, 0.1) is 11.3 Å². The van der Waals surface area contributed by atoms with Crippen molar-refractivity contribution >= 4 is 40.3 Å². The van der Waals surface area contributed by atoms with Crippen molar-refractivity contribution in [1.29, 1.82) is 5.26 Å². The number of nitrogens with zero attached hydrogens (tertiary/aromatic N) is 1. The van der Waals surface area contributed by atoms with Crippen LogP contribution in [0.25, 0.3) is 6.08 Å². The molecule has 3 rings (SSSR count). The van der Waals surface area contributed by atoms with E-state index in [0.717, 1.165) is 36.1 Å². The van der Waals surface area contributed by atoms with Gasteiger partial charge in [0, 0.05) is 4.88 Å². The lowest BCUT2D eigenvalue weighted by atomic mass is 9.95. The number of ether oxygens (including phenoxy) is 2. The van der Waals surface area contributed by atoms with Crippen LogP contribution in [0.3, 0.4) is 0 Å². The number of thiophene rings is 1. The van der Waals surface area contributed by atoms with Gasteiger partial charge in [-0.2, -0.15) is 5.26 Å². The SMILES string of the molecule is CCOC(=O)c1c(NC(=O)/C(C#N)=C/c2ccc(OCC(=O)[O-])cc2)sc2c1CCCC2. The van der Waals surface area contributed by atoms with Gasteiger partial charge in [-0.25, -0.2) is 4.79 Å². The van der Waals surface area contributed by atoms with Gasteiger partial charge in [0.15, 0.2) is 0 Å². The summed E-state index contributed by atoms with van der Waals surface area (Å²) >= 11 is 1.35.